The number of hydrogen-bond acceptors (Lipinski definition) is 9. The number of imidazole rings is 1. The molecule has 1 saturated heterocycles. The first kappa shape index (κ1) is 17.5. The molecule has 2 fully saturated rings. The number of anilines is 1. The normalized spacial score (nSPS) is 36.4. The van der Waals surface area contributed by atoms with E-state index in [0.717, 1.165) is 0 Å². The second-order valence-corrected chi connectivity index (χ2v) is 7.79. The number of hydrogen-bond donors (Lipinski definition) is 6. The number of ether oxygens (including phenoxy) is 1. The fraction of sp³-hybridized carbons (Fsp3) is 0.583. The third kappa shape index (κ3) is 2.26. The van der Waals surface area contributed by atoms with E-state index in [9.17, 15) is 19.6 Å². The van der Waals surface area contributed by atoms with Crippen molar-refractivity contribution in [2.45, 2.75) is 30.5 Å². The van der Waals surface area contributed by atoms with Crippen molar-refractivity contribution in [2.24, 2.45) is 5.92 Å². The summed E-state index contributed by atoms with van der Waals surface area (Å²) in [6.45, 7) is 0.807. The van der Waals surface area contributed by atoms with E-state index >= 15 is 0 Å². The molecule has 14 heteroatoms. The second-order valence-electron chi connectivity index (χ2n) is 6.55. The van der Waals surface area contributed by atoms with E-state index in [1.54, 1.807) is 0 Å². The van der Waals surface area contributed by atoms with Crippen LogP contribution in [0.2, 0.25) is 0 Å². The molecule has 0 amide bonds. The van der Waals surface area contributed by atoms with Gasteiger partial charge in [0, 0.05) is 5.92 Å². The van der Waals surface area contributed by atoms with Crippen molar-refractivity contribution < 1.29 is 33.8 Å². The summed E-state index contributed by atoms with van der Waals surface area (Å²) in [6.07, 6.45) is -0.853. The lowest BCUT2D eigenvalue weighted by atomic mass is 9.93. The van der Waals surface area contributed by atoms with Crippen molar-refractivity contribution in [3.63, 3.8) is 0 Å². The summed E-state index contributed by atoms with van der Waals surface area (Å²) >= 11 is 0. The number of nitrogens with two attached hydrogens (primary N) is 1. The zero-order valence-corrected chi connectivity index (χ0v) is 14.2. The average Bonchev–Trinajstić information content (AvgIpc) is 2.79. The van der Waals surface area contributed by atoms with Gasteiger partial charge < -0.3 is 30.5 Å². The van der Waals surface area contributed by atoms with Crippen LogP contribution < -0.4 is 11.3 Å². The van der Waals surface area contributed by atoms with Crippen LogP contribution in [0.1, 0.15) is 13.2 Å². The molecule has 13 nitrogen and oxygen atoms in total. The number of aromatic nitrogens is 4. The number of nitrogen functional groups attached to an aromatic ring is 1. The van der Waals surface area contributed by atoms with E-state index in [0.29, 0.717) is 0 Å². The number of aliphatic hydroxyl groups is 2. The van der Waals surface area contributed by atoms with Gasteiger partial charge in [0.25, 0.3) is 5.56 Å². The highest BCUT2D eigenvalue weighted by Gasteiger charge is 2.81. The Hall–Kier alpha value is -1.86. The Kier molecular flexibility index (Phi) is 3.45. The fourth-order valence-corrected chi connectivity index (χ4v) is 3.94. The molecule has 26 heavy (non-hydrogen) atoms. The molecule has 3 heterocycles. The maximum Gasteiger partial charge on any atom is 0.469 e. The highest BCUT2D eigenvalue weighted by Crippen LogP contribution is 2.64. The summed E-state index contributed by atoms with van der Waals surface area (Å²) in [6, 6.07) is 0. The molecule has 142 valence electrons. The number of aromatic amines is 1. The summed E-state index contributed by atoms with van der Waals surface area (Å²) in [7, 11) is -4.72. The molecule has 0 aromatic carbocycles. The lowest BCUT2D eigenvalue weighted by Crippen LogP contribution is -2.48. The summed E-state index contributed by atoms with van der Waals surface area (Å²) in [5.41, 5.74) is 1.33. The minimum atomic E-state index is -4.72. The number of nitrogens with zero attached hydrogens (tertiary/aromatic N) is 3. The van der Waals surface area contributed by atoms with Gasteiger partial charge in [-0.15, -0.1) is 0 Å². The van der Waals surface area contributed by atoms with Crippen LogP contribution in [0.4, 0.5) is 5.95 Å². The van der Waals surface area contributed by atoms with Gasteiger partial charge in [-0.2, -0.15) is 4.98 Å². The summed E-state index contributed by atoms with van der Waals surface area (Å²) in [5, 5.41) is 21.6. The summed E-state index contributed by atoms with van der Waals surface area (Å²) in [5.74, 6) is -0.990. The smallest absolute Gasteiger partial charge is 0.383 e. The van der Waals surface area contributed by atoms with E-state index < -0.39 is 49.4 Å². The van der Waals surface area contributed by atoms with Gasteiger partial charge in [0.1, 0.15) is 17.3 Å². The maximum absolute atomic E-state index is 11.9. The lowest BCUT2D eigenvalue weighted by Gasteiger charge is -2.33. The van der Waals surface area contributed by atoms with E-state index in [4.69, 9.17) is 20.3 Å². The minimum absolute atomic E-state index is 0.0208. The van der Waals surface area contributed by atoms with Crippen LogP contribution in [0.25, 0.3) is 11.2 Å². The molecule has 5 atom stereocenters. The number of phosphoric acid groups is 1. The molecule has 0 radical (unpaired) electrons. The van der Waals surface area contributed by atoms with Gasteiger partial charge in [-0.05, 0) is 6.92 Å². The fourth-order valence-electron chi connectivity index (χ4n) is 3.58. The third-order valence-electron chi connectivity index (χ3n) is 4.95. The average molecular weight is 389 g/mol. The molecule has 7 N–H and O–H groups in total. The first-order valence-electron chi connectivity index (χ1n) is 7.49. The van der Waals surface area contributed by atoms with Gasteiger partial charge in [0.05, 0.1) is 12.9 Å². The number of H-pyrrole nitrogens is 1. The van der Waals surface area contributed by atoms with E-state index in [-0.39, 0.29) is 17.1 Å². The highest BCUT2D eigenvalue weighted by molar-refractivity contribution is 7.46. The van der Waals surface area contributed by atoms with Crippen LogP contribution in [0.5, 0.6) is 0 Å². The van der Waals surface area contributed by atoms with Crippen molar-refractivity contribution >= 4 is 24.9 Å². The standard InChI is InChI=1S/C12H16N5O8P/c1-11(19)9(17-3-14-5-7(17)15-10(13)16-8(5)18)25-6-4(12(6,11)20)2-24-26(21,22)23/h3-4,6,9,19-20H,2H2,1H3,(H2,21,22,23)(H3,13,15,16,18)/t4-,6?,9+,11?,12?/m0/s1. The van der Waals surface area contributed by atoms with E-state index in [1.807, 2.05) is 0 Å². The summed E-state index contributed by atoms with van der Waals surface area (Å²) in [4.78, 5) is 39.6. The molecule has 1 saturated carbocycles. The van der Waals surface area contributed by atoms with Gasteiger partial charge in [-0.1, -0.05) is 0 Å². The molecule has 3 unspecified atom stereocenters. The molecule has 1 aliphatic carbocycles. The quantitative estimate of drug-likeness (QED) is 0.310. The lowest BCUT2D eigenvalue weighted by molar-refractivity contribution is -0.149. The largest absolute Gasteiger partial charge is 0.469 e. The zero-order valence-electron chi connectivity index (χ0n) is 13.3. The van der Waals surface area contributed by atoms with Crippen molar-refractivity contribution in [1.82, 2.24) is 19.5 Å². The van der Waals surface area contributed by atoms with Gasteiger partial charge in [-0.25, -0.2) is 9.55 Å². The predicted octanol–water partition coefficient (Wildman–Crippen LogP) is -2.18. The van der Waals surface area contributed by atoms with Crippen molar-refractivity contribution in [3.05, 3.63) is 16.7 Å². The predicted molar refractivity (Wildman–Crippen MR) is 83.5 cm³/mol. The second kappa shape index (κ2) is 5.10. The van der Waals surface area contributed by atoms with Crippen molar-refractivity contribution in [1.29, 1.82) is 0 Å². The van der Waals surface area contributed by atoms with Crippen LogP contribution in [-0.4, -0.2) is 63.4 Å². The maximum atomic E-state index is 11.9. The Morgan fingerprint density at radius 2 is 2.19 bits per heavy atom. The molecule has 0 bridgehead atoms. The molecule has 1 aliphatic heterocycles. The SMILES string of the molecule is CC1(O)[C@H](n2cnc3c(=O)[nH]c(N)nc32)OC2[C@H](COP(=O)(O)O)C21O. The van der Waals surface area contributed by atoms with Gasteiger partial charge in [0.2, 0.25) is 5.95 Å². The highest BCUT2D eigenvalue weighted by atomic mass is 31.2. The number of fused-ring (bicyclic) bond motifs is 2. The number of phosphoric ester groups is 1. The number of rotatable bonds is 4. The molecule has 0 spiro atoms. The molecule has 2 aromatic heterocycles. The monoisotopic (exact) mass is 389 g/mol. The van der Waals surface area contributed by atoms with Crippen LogP contribution in [0.3, 0.4) is 0 Å². The molecular weight excluding hydrogens is 373 g/mol. The molecular formula is C12H16N5O8P. The van der Waals surface area contributed by atoms with Gasteiger partial charge in [0.15, 0.2) is 17.4 Å². The Bertz CT molecular complexity index is 997. The molecule has 4 rings (SSSR count). The van der Waals surface area contributed by atoms with E-state index in [1.165, 1.54) is 17.8 Å². The first-order valence-corrected chi connectivity index (χ1v) is 9.02. The number of nitrogens with one attached hydrogen (secondary N) is 1. The van der Waals surface area contributed by atoms with E-state index in [2.05, 4.69) is 19.5 Å². The first-order chi connectivity index (χ1) is 12.0. The van der Waals surface area contributed by atoms with Crippen LogP contribution >= 0.6 is 7.82 Å². The van der Waals surface area contributed by atoms with Crippen LogP contribution in [0, 0.1) is 5.92 Å². The molecule has 2 aliphatic rings. The van der Waals surface area contributed by atoms with Gasteiger partial charge >= 0.3 is 7.82 Å². The molecule has 2 aromatic rings. The van der Waals surface area contributed by atoms with Gasteiger partial charge in [-0.3, -0.25) is 18.9 Å². The minimum Gasteiger partial charge on any atom is -0.383 e. The van der Waals surface area contributed by atoms with Crippen molar-refractivity contribution in [3.8, 4) is 0 Å². The topological polar surface area (TPSA) is 206 Å². The summed E-state index contributed by atoms with van der Waals surface area (Å²) < 4.78 is 22.2. The third-order valence-corrected chi connectivity index (χ3v) is 5.43. The zero-order chi connectivity index (χ0) is 19.1. The van der Waals surface area contributed by atoms with Crippen LogP contribution in [0.15, 0.2) is 11.1 Å². The van der Waals surface area contributed by atoms with Crippen LogP contribution in [-0.2, 0) is 13.8 Å². The Morgan fingerprint density at radius 1 is 1.50 bits per heavy atom. The Morgan fingerprint density at radius 3 is 2.77 bits per heavy atom. The van der Waals surface area contributed by atoms with Crippen molar-refractivity contribution in [2.75, 3.05) is 12.3 Å². The Balaban J connectivity index is 1.66. The Labute approximate surface area is 144 Å².